The Bertz CT molecular complexity index is 598. The number of carbonyl (C=O) groups is 1. The molecular weight excluding hydrogens is 253 g/mol. The maximum Gasteiger partial charge on any atom is 0.358 e. The van der Waals surface area contributed by atoms with Crippen molar-refractivity contribution in [3.05, 3.63) is 41.5 Å². The highest BCUT2D eigenvalue weighted by molar-refractivity contribution is 5.86. The minimum Gasteiger partial charge on any atom is -0.489 e. The van der Waals surface area contributed by atoms with Crippen LogP contribution in [-0.2, 0) is 6.54 Å². The summed E-state index contributed by atoms with van der Waals surface area (Å²) in [5, 5.41) is 16.1. The Kier molecular flexibility index (Phi) is 3.74. The van der Waals surface area contributed by atoms with Gasteiger partial charge in [0.25, 0.3) is 0 Å². The summed E-state index contributed by atoms with van der Waals surface area (Å²) < 4.78 is 19.9. The van der Waals surface area contributed by atoms with Crippen LogP contribution in [-0.4, -0.2) is 32.7 Å². The van der Waals surface area contributed by atoms with E-state index in [9.17, 15) is 9.18 Å². The molecule has 0 aliphatic heterocycles. The quantitative estimate of drug-likeness (QED) is 0.886. The van der Waals surface area contributed by atoms with Gasteiger partial charge in [-0.05, 0) is 19.1 Å². The Hall–Kier alpha value is -2.44. The predicted octanol–water partition coefficient (Wildman–Crippen LogP) is 1.50. The molecule has 1 N–H and O–H groups in total. The summed E-state index contributed by atoms with van der Waals surface area (Å²) >= 11 is 0. The zero-order chi connectivity index (χ0) is 13.8. The highest BCUT2D eigenvalue weighted by atomic mass is 19.1. The number of para-hydroxylation sites is 1. The van der Waals surface area contributed by atoms with E-state index in [-0.39, 0.29) is 18.1 Å². The lowest BCUT2D eigenvalue weighted by Crippen LogP contribution is -2.12. The van der Waals surface area contributed by atoms with Gasteiger partial charge >= 0.3 is 5.97 Å². The molecule has 1 aromatic heterocycles. The molecule has 0 saturated heterocycles. The van der Waals surface area contributed by atoms with E-state index in [0.29, 0.717) is 12.2 Å². The molecule has 0 bridgehead atoms. The molecule has 7 heteroatoms. The minimum atomic E-state index is -1.13. The molecule has 2 aromatic rings. The summed E-state index contributed by atoms with van der Waals surface area (Å²) in [6.45, 7) is 2.07. The van der Waals surface area contributed by atoms with Crippen LogP contribution in [0.1, 0.15) is 16.2 Å². The number of aromatic carboxylic acids is 1. The van der Waals surface area contributed by atoms with Crippen molar-refractivity contribution in [3.63, 3.8) is 0 Å². The Labute approximate surface area is 108 Å². The van der Waals surface area contributed by atoms with Crippen LogP contribution in [0, 0.1) is 12.7 Å². The lowest BCUT2D eigenvalue weighted by atomic mass is 10.3. The number of hydrogen-bond acceptors (Lipinski definition) is 4. The molecule has 2 rings (SSSR count). The van der Waals surface area contributed by atoms with Crippen LogP contribution < -0.4 is 4.74 Å². The number of nitrogens with zero attached hydrogens (tertiary/aromatic N) is 3. The van der Waals surface area contributed by atoms with Crippen molar-refractivity contribution in [3.8, 4) is 5.75 Å². The third-order valence-electron chi connectivity index (χ3n) is 2.58. The number of rotatable bonds is 5. The minimum absolute atomic E-state index is 0.0918. The first-order chi connectivity index (χ1) is 9.09. The van der Waals surface area contributed by atoms with Gasteiger partial charge in [0.2, 0.25) is 0 Å². The summed E-state index contributed by atoms with van der Waals surface area (Å²) in [4.78, 5) is 10.8. The molecule has 0 radical (unpaired) electrons. The molecule has 0 saturated carbocycles. The summed E-state index contributed by atoms with van der Waals surface area (Å²) in [7, 11) is 0. The Morgan fingerprint density at radius 2 is 2.21 bits per heavy atom. The second kappa shape index (κ2) is 5.47. The van der Waals surface area contributed by atoms with Crippen LogP contribution in [0.3, 0.4) is 0 Å². The number of halogens is 1. The standard InChI is InChI=1S/C12H12FN3O3/c1-8-11(12(17)18)14-15-16(8)6-7-19-10-5-3-2-4-9(10)13/h2-5H,6-7H2,1H3,(H,17,18). The fourth-order valence-corrected chi connectivity index (χ4v) is 1.57. The molecule has 6 nitrogen and oxygen atoms in total. The molecule has 19 heavy (non-hydrogen) atoms. The average molecular weight is 265 g/mol. The third kappa shape index (κ3) is 2.87. The van der Waals surface area contributed by atoms with Gasteiger partial charge in [-0.25, -0.2) is 13.9 Å². The smallest absolute Gasteiger partial charge is 0.358 e. The molecule has 100 valence electrons. The topological polar surface area (TPSA) is 77.2 Å². The maximum absolute atomic E-state index is 13.3. The van der Waals surface area contributed by atoms with E-state index in [1.165, 1.54) is 16.8 Å². The summed E-state index contributed by atoms with van der Waals surface area (Å²) in [5.41, 5.74) is 0.343. The first-order valence-corrected chi connectivity index (χ1v) is 5.60. The Morgan fingerprint density at radius 3 is 2.84 bits per heavy atom. The highest BCUT2D eigenvalue weighted by Gasteiger charge is 2.14. The van der Waals surface area contributed by atoms with Crippen molar-refractivity contribution >= 4 is 5.97 Å². The largest absolute Gasteiger partial charge is 0.489 e. The molecule has 0 aliphatic carbocycles. The average Bonchev–Trinajstić information content (AvgIpc) is 2.74. The van der Waals surface area contributed by atoms with Crippen molar-refractivity contribution in [1.82, 2.24) is 15.0 Å². The first-order valence-electron chi connectivity index (χ1n) is 5.60. The molecule has 1 aromatic carbocycles. The summed E-state index contributed by atoms with van der Waals surface area (Å²) in [6.07, 6.45) is 0. The number of aromatic nitrogens is 3. The van der Waals surface area contributed by atoms with E-state index >= 15 is 0 Å². The monoisotopic (exact) mass is 265 g/mol. The second-order valence-electron chi connectivity index (χ2n) is 3.83. The van der Waals surface area contributed by atoms with E-state index in [2.05, 4.69) is 10.3 Å². The van der Waals surface area contributed by atoms with E-state index in [0.717, 1.165) is 0 Å². The lowest BCUT2D eigenvalue weighted by Gasteiger charge is -2.07. The Morgan fingerprint density at radius 1 is 1.47 bits per heavy atom. The SMILES string of the molecule is Cc1c(C(=O)O)nnn1CCOc1ccccc1F. The number of hydrogen-bond donors (Lipinski definition) is 1. The van der Waals surface area contributed by atoms with Gasteiger partial charge in [-0.2, -0.15) is 0 Å². The fraction of sp³-hybridized carbons (Fsp3) is 0.250. The van der Waals surface area contributed by atoms with E-state index in [1.54, 1.807) is 19.1 Å². The first kappa shape index (κ1) is 13.0. The van der Waals surface area contributed by atoms with Gasteiger partial charge in [0.1, 0.15) is 6.61 Å². The molecule has 0 spiro atoms. The van der Waals surface area contributed by atoms with Gasteiger partial charge in [-0.1, -0.05) is 17.3 Å². The maximum atomic E-state index is 13.3. The number of carboxylic acids is 1. The van der Waals surface area contributed by atoms with Gasteiger partial charge in [-0.15, -0.1) is 5.10 Å². The van der Waals surface area contributed by atoms with Gasteiger partial charge in [0, 0.05) is 0 Å². The zero-order valence-electron chi connectivity index (χ0n) is 10.2. The normalized spacial score (nSPS) is 10.4. The highest BCUT2D eigenvalue weighted by Crippen LogP contribution is 2.15. The zero-order valence-corrected chi connectivity index (χ0v) is 10.2. The molecule has 0 amide bonds. The van der Waals surface area contributed by atoms with Gasteiger partial charge in [0.05, 0.1) is 12.2 Å². The molecule has 0 unspecified atom stereocenters. The summed E-state index contributed by atoms with van der Waals surface area (Å²) in [6, 6.07) is 6.06. The predicted molar refractivity (Wildman–Crippen MR) is 63.6 cm³/mol. The second-order valence-corrected chi connectivity index (χ2v) is 3.83. The van der Waals surface area contributed by atoms with Crippen LogP contribution in [0.15, 0.2) is 24.3 Å². The van der Waals surface area contributed by atoms with Gasteiger partial charge in [0.15, 0.2) is 17.3 Å². The van der Waals surface area contributed by atoms with Gasteiger partial charge < -0.3 is 9.84 Å². The molecular formula is C12H12FN3O3. The van der Waals surface area contributed by atoms with E-state index < -0.39 is 11.8 Å². The van der Waals surface area contributed by atoms with Crippen molar-refractivity contribution in [2.45, 2.75) is 13.5 Å². The number of carboxylic acid groups (broad SMARTS) is 1. The van der Waals surface area contributed by atoms with Crippen molar-refractivity contribution in [2.24, 2.45) is 0 Å². The van der Waals surface area contributed by atoms with Crippen LogP contribution in [0.4, 0.5) is 4.39 Å². The fourth-order valence-electron chi connectivity index (χ4n) is 1.57. The van der Waals surface area contributed by atoms with Crippen LogP contribution in [0.25, 0.3) is 0 Å². The molecule has 0 atom stereocenters. The van der Waals surface area contributed by atoms with Crippen molar-refractivity contribution in [2.75, 3.05) is 6.61 Å². The number of benzene rings is 1. The molecule has 0 aliphatic rings. The third-order valence-corrected chi connectivity index (χ3v) is 2.58. The van der Waals surface area contributed by atoms with Crippen molar-refractivity contribution < 1.29 is 19.0 Å². The lowest BCUT2D eigenvalue weighted by molar-refractivity contribution is 0.0689. The van der Waals surface area contributed by atoms with E-state index in [4.69, 9.17) is 9.84 Å². The number of ether oxygens (including phenoxy) is 1. The molecule has 0 fully saturated rings. The van der Waals surface area contributed by atoms with E-state index in [1.807, 2.05) is 0 Å². The van der Waals surface area contributed by atoms with Crippen LogP contribution >= 0.6 is 0 Å². The van der Waals surface area contributed by atoms with Gasteiger partial charge in [-0.3, -0.25) is 0 Å². The summed E-state index contributed by atoms with van der Waals surface area (Å²) in [5.74, 6) is -1.42. The van der Waals surface area contributed by atoms with Crippen molar-refractivity contribution in [1.29, 1.82) is 0 Å². The van der Waals surface area contributed by atoms with Crippen LogP contribution in [0.5, 0.6) is 5.75 Å². The molecule has 1 heterocycles. The van der Waals surface area contributed by atoms with Crippen LogP contribution in [0.2, 0.25) is 0 Å². The Balaban J connectivity index is 1.97.